The number of carbonyl (C=O) groups is 1. The number of ether oxygens (including phenoxy) is 2. The van der Waals surface area contributed by atoms with E-state index in [2.05, 4.69) is 0 Å². The predicted octanol–water partition coefficient (Wildman–Crippen LogP) is 0.446. The minimum absolute atomic E-state index is 0.152. The Bertz CT molecular complexity index is 166. The molecular formula is C9H17NO3. The molecule has 0 aromatic rings. The fraction of sp³-hybridized carbons (Fsp3) is 0.889. The number of rotatable bonds is 4. The maximum absolute atomic E-state index is 11.1. The SMILES string of the molecule is CCOC(=O)C(N)C[C@@H]1CCCO1. The lowest BCUT2D eigenvalue weighted by Crippen LogP contribution is -2.35. The first-order chi connectivity index (χ1) is 6.24. The molecule has 4 nitrogen and oxygen atoms in total. The van der Waals surface area contributed by atoms with Gasteiger partial charge in [0.25, 0.3) is 0 Å². The van der Waals surface area contributed by atoms with Crippen LogP contribution in [0.25, 0.3) is 0 Å². The Morgan fingerprint density at radius 1 is 1.77 bits per heavy atom. The van der Waals surface area contributed by atoms with Gasteiger partial charge in [0, 0.05) is 6.61 Å². The minimum atomic E-state index is -0.525. The lowest BCUT2D eigenvalue weighted by Gasteiger charge is -2.14. The van der Waals surface area contributed by atoms with E-state index in [1.165, 1.54) is 0 Å². The smallest absolute Gasteiger partial charge is 0.322 e. The molecule has 0 radical (unpaired) electrons. The van der Waals surface area contributed by atoms with Crippen LogP contribution in [0.3, 0.4) is 0 Å². The molecule has 1 aliphatic rings. The van der Waals surface area contributed by atoms with Crippen molar-refractivity contribution in [1.82, 2.24) is 0 Å². The number of nitrogens with two attached hydrogens (primary N) is 1. The summed E-state index contributed by atoms with van der Waals surface area (Å²) in [5, 5.41) is 0. The molecule has 1 unspecified atom stereocenters. The van der Waals surface area contributed by atoms with Gasteiger partial charge in [-0.3, -0.25) is 4.79 Å². The van der Waals surface area contributed by atoms with Crippen LogP contribution in [0.5, 0.6) is 0 Å². The zero-order chi connectivity index (χ0) is 9.68. The molecule has 0 saturated carbocycles. The molecule has 1 aliphatic heterocycles. The number of carbonyl (C=O) groups excluding carboxylic acids is 1. The number of hydrogen-bond donors (Lipinski definition) is 1. The summed E-state index contributed by atoms with van der Waals surface area (Å²) in [4.78, 5) is 11.1. The molecule has 0 aromatic heterocycles. The van der Waals surface area contributed by atoms with Crippen LogP contribution in [0.2, 0.25) is 0 Å². The van der Waals surface area contributed by atoms with Gasteiger partial charge in [0.2, 0.25) is 0 Å². The van der Waals surface area contributed by atoms with Gasteiger partial charge >= 0.3 is 5.97 Å². The van der Waals surface area contributed by atoms with E-state index in [0.717, 1.165) is 19.4 Å². The molecule has 1 rings (SSSR count). The molecule has 1 fully saturated rings. The Morgan fingerprint density at radius 2 is 2.54 bits per heavy atom. The Morgan fingerprint density at radius 3 is 3.08 bits per heavy atom. The van der Waals surface area contributed by atoms with Crippen molar-refractivity contribution in [3.63, 3.8) is 0 Å². The highest BCUT2D eigenvalue weighted by molar-refractivity contribution is 5.75. The van der Waals surface area contributed by atoms with Gasteiger partial charge in [-0.15, -0.1) is 0 Å². The molecule has 2 N–H and O–H groups in total. The second-order valence-corrected chi connectivity index (χ2v) is 3.23. The molecular weight excluding hydrogens is 170 g/mol. The standard InChI is InChI=1S/C9H17NO3/c1-2-12-9(11)8(10)6-7-4-3-5-13-7/h7-8H,2-6,10H2,1H3/t7-,8?/m0/s1. The molecule has 76 valence electrons. The van der Waals surface area contributed by atoms with E-state index in [0.29, 0.717) is 13.0 Å². The molecule has 1 saturated heterocycles. The van der Waals surface area contributed by atoms with Gasteiger partial charge in [-0.1, -0.05) is 0 Å². The van der Waals surface area contributed by atoms with Gasteiger partial charge in [0.05, 0.1) is 12.7 Å². The average Bonchev–Trinajstić information content (AvgIpc) is 2.57. The third kappa shape index (κ3) is 3.32. The molecule has 0 spiro atoms. The predicted molar refractivity (Wildman–Crippen MR) is 48.2 cm³/mol. The number of hydrogen-bond acceptors (Lipinski definition) is 4. The maximum atomic E-state index is 11.1. The second kappa shape index (κ2) is 5.19. The normalized spacial score (nSPS) is 24.3. The molecule has 0 amide bonds. The fourth-order valence-corrected chi connectivity index (χ4v) is 1.46. The molecule has 1 heterocycles. The highest BCUT2D eigenvalue weighted by Crippen LogP contribution is 2.16. The lowest BCUT2D eigenvalue weighted by atomic mass is 10.1. The summed E-state index contributed by atoms with van der Waals surface area (Å²) < 4.78 is 10.2. The monoisotopic (exact) mass is 187 g/mol. The maximum Gasteiger partial charge on any atom is 0.322 e. The first kappa shape index (κ1) is 10.5. The van der Waals surface area contributed by atoms with Crippen molar-refractivity contribution in [2.45, 2.75) is 38.3 Å². The van der Waals surface area contributed by atoms with Crippen molar-refractivity contribution in [3.8, 4) is 0 Å². The van der Waals surface area contributed by atoms with Crippen molar-refractivity contribution in [2.75, 3.05) is 13.2 Å². The zero-order valence-corrected chi connectivity index (χ0v) is 7.99. The summed E-state index contributed by atoms with van der Waals surface area (Å²) in [6.45, 7) is 2.95. The van der Waals surface area contributed by atoms with Gasteiger partial charge in [0.15, 0.2) is 0 Å². The number of esters is 1. The first-order valence-corrected chi connectivity index (χ1v) is 4.78. The zero-order valence-electron chi connectivity index (χ0n) is 7.99. The Hall–Kier alpha value is -0.610. The molecule has 4 heteroatoms. The largest absolute Gasteiger partial charge is 0.465 e. The summed E-state index contributed by atoms with van der Waals surface area (Å²) in [6, 6.07) is -0.525. The van der Waals surface area contributed by atoms with E-state index in [-0.39, 0.29) is 12.1 Å². The molecule has 0 bridgehead atoms. The van der Waals surface area contributed by atoms with Crippen molar-refractivity contribution >= 4 is 5.97 Å². The van der Waals surface area contributed by atoms with Crippen molar-refractivity contribution < 1.29 is 14.3 Å². The van der Waals surface area contributed by atoms with Gasteiger partial charge in [-0.05, 0) is 26.2 Å². The third-order valence-electron chi connectivity index (χ3n) is 2.13. The summed E-state index contributed by atoms with van der Waals surface area (Å²) >= 11 is 0. The topological polar surface area (TPSA) is 61.5 Å². The lowest BCUT2D eigenvalue weighted by molar-refractivity contribution is -0.145. The summed E-state index contributed by atoms with van der Waals surface area (Å²) in [6.07, 6.45) is 2.81. The quantitative estimate of drug-likeness (QED) is 0.649. The van der Waals surface area contributed by atoms with Gasteiger partial charge < -0.3 is 15.2 Å². The molecule has 2 atom stereocenters. The van der Waals surface area contributed by atoms with Gasteiger partial charge in [0.1, 0.15) is 6.04 Å². The van der Waals surface area contributed by atoms with Gasteiger partial charge in [-0.25, -0.2) is 0 Å². The molecule has 0 aromatic carbocycles. The van der Waals surface area contributed by atoms with E-state index < -0.39 is 6.04 Å². The molecule has 13 heavy (non-hydrogen) atoms. The van der Waals surface area contributed by atoms with E-state index in [1.54, 1.807) is 6.92 Å². The van der Waals surface area contributed by atoms with Crippen molar-refractivity contribution in [1.29, 1.82) is 0 Å². The van der Waals surface area contributed by atoms with Crippen molar-refractivity contribution in [3.05, 3.63) is 0 Å². The van der Waals surface area contributed by atoms with E-state index >= 15 is 0 Å². The van der Waals surface area contributed by atoms with Crippen LogP contribution in [0, 0.1) is 0 Å². The van der Waals surface area contributed by atoms with Crippen LogP contribution in [0.1, 0.15) is 26.2 Å². The average molecular weight is 187 g/mol. The minimum Gasteiger partial charge on any atom is -0.465 e. The van der Waals surface area contributed by atoms with Crippen LogP contribution < -0.4 is 5.73 Å². The van der Waals surface area contributed by atoms with Crippen LogP contribution in [-0.4, -0.2) is 31.3 Å². The van der Waals surface area contributed by atoms with Crippen LogP contribution in [-0.2, 0) is 14.3 Å². The van der Waals surface area contributed by atoms with E-state index in [1.807, 2.05) is 0 Å². The first-order valence-electron chi connectivity index (χ1n) is 4.78. The van der Waals surface area contributed by atoms with Crippen LogP contribution in [0.15, 0.2) is 0 Å². The second-order valence-electron chi connectivity index (χ2n) is 3.23. The molecule has 0 aliphatic carbocycles. The fourth-order valence-electron chi connectivity index (χ4n) is 1.46. The van der Waals surface area contributed by atoms with Gasteiger partial charge in [-0.2, -0.15) is 0 Å². The summed E-state index contributed by atoms with van der Waals surface area (Å²) in [7, 11) is 0. The van der Waals surface area contributed by atoms with E-state index in [9.17, 15) is 4.79 Å². The highest BCUT2D eigenvalue weighted by Gasteiger charge is 2.23. The Balaban J connectivity index is 2.22. The summed E-state index contributed by atoms with van der Waals surface area (Å²) in [5.74, 6) is -0.321. The highest BCUT2D eigenvalue weighted by atomic mass is 16.5. The Labute approximate surface area is 78.4 Å². The van der Waals surface area contributed by atoms with Crippen LogP contribution in [0.4, 0.5) is 0 Å². The van der Waals surface area contributed by atoms with Crippen molar-refractivity contribution in [2.24, 2.45) is 5.73 Å². The summed E-state index contributed by atoms with van der Waals surface area (Å²) in [5.41, 5.74) is 5.63. The Kier molecular flexibility index (Phi) is 4.18. The van der Waals surface area contributed by atoms with E-state index in [4.69, 9.17) is 15.2 Å². The van der Waals surface area contributed by atoms with Crippen LogP contribution >= 0.6 is 0 Å². The third-order valence-corrected chi connectivity index (χ3v) is 2.13.